The van der Waals surface area contributed by atoms with Gasteiger partial charge in [0.25, 0.3) is 0 Å². The Morgan fingerprint density at radius 1 is 1.00 bits per heavy atom. The van der Waals surface area contributed by atoms with Gasteiger partial charge in [0.15, 0.2) is 0 Å². The van der Waals surface area contributed by atoms with Gasteiger partial charge in [-0.25, -0.2) is 9.59 Å². The molecule has 2 rings (SSSR count). The lowest BCUT2D eigenvalue weighted by Gasteiger charge is -2.38. The fourth-order valence-corrected chi connectivity index (χ4v) is 5.28. The summed E-state index contributed by atoms with van der Waals surface area (Å²) < 4.78 is 15.5. The van der Waals surface area contributed by atoms with Crippen LogP contribution in [-0.4, -0.2) is 109 Å². The number of hydrogen-bond donors (Lipinski definition) is 1. The van der Waals surface area contributed by atoms with Gasteiger partial charge in [0.05, 0.1) is 14.2 Å². The average molecular weight is 619 g/mol. The number of esters is 1. The van der Waals surface area contributed by atoms with Crippen molar-refractivity contribution in [3.8, 4) is 5.75 Å². The van der Waals surface area contributed by atoms with Crippen molar-refractivity contribution in [3.05, 3.63) is 29.8 Å². The van der Waals surface area contributed by atoms with Crippen LogP contribution in [0, 0.1) is 5.92 Å². The molecule has 0 aromatic heterocycles. The Labute approximate surface area is 261 Å². The maximum absolute atomic E-state index is 13.8. The SMILES string of the molecule is CC[C@H](C)[C@@H](C(=O)N1CCC[C@H]1C(=O)OC)N(C)C(=O)[C@H](C)N(C)C(=O)[C@H](Cc1ccc(OC)cc1)NC(=O)OC(C)(C)C. The molecule has 1 aliphatic rings. The van der Waals surface area contributed by atoms with Crippen LogP contribution >= 0.6 is 0 Å². The van der Waals surface area contributed by atoms with Crippen LogP contribution < -0.4 is 10.1 Å². The summed E-state index contributed by atoms with van der Waals surface area (Å²) in [5.41, 5.74) is -0.0204. The van der Waals surface area contributed by atoms with E-state index in [1.165, 1.54) is 28.9 Å². The van der Waals surface area contributed by atoms with E-state index >= 15 is 0 Å². The standard InChI is InChI=1S/C32H50N4O8/c1-11-20(2)26(29(39)36-18-12-13-25(36)30(40)43-10)35(8)27(37)21(3)34(7)28(38)24(33-31(41)44-32(4,5)6)19-22-14-16-23(42-9)17-15-22/h14-17,20-21,24-26H,11-13,18-19H2,1-10H3,(H,33,41)/t20-,21-,24-,25-,26-/m0/s1. The first-order valence-corrected chi connectivity index (χ1v) is 15.1. The number of alkyl carbamates (subject to hydrolysis) is 1. The van der Waals surface area contributed by atoms with E-state index in [2.05, 4.69) is 5.32 Å². The van der Waals surface area contributed by atoms with Gasteiger partial charge in [-0.1, -0.05) is 32.4 Å². The van der Waals surface area contributed by atoms with Gasteiger partial charge in [-0.15, -0.1) is 0 Å². The zero-order valence-corrected chi connectivity index (χ0v) is 27.8. The summed E-state index contributed by atoms with van der Waals surface area (Å²) in [5.74, 6) is -1.33. The van der Waals surface area contributed by atoms with Crippen LogP contribution in [0.2, 0.25) is 0 Å². The summed E-state index contributed by atoms with van der Waals surface area (Å²) in [7, 11) is 5.88. The van der Waals surface area contributed by atoms with Crippen molar-refractivity contribution in [1.82, 2.24) is 20.0 Å². The molecular weight excluding hydrogens is 568 g/mol. The Balaban J connectivity index is 2.30. The van der Waals surface area contributed by atoms with E-state index in [0.29, 0.717) is 31.6 Å². The first-order chi connectivity index (χ1) is 20.6. The van der Waals surface area contributed by atoms with Crippen LogP contribution in [-0.2, 0) is 35.1 Å². The second kappa shape index (κ2) is 15.8. The van der Waals surface area contributed by atoms with Crippen LogP contribution in [0.5, 0.6) is 5.75 Å². The molecule has 12 nitrogen and oxygen atoms in total. The Hall–Kier alpha value is -3.83. The summed E-state index contributed by atoms with van der Waals surface area (Å²) in [4.78, 5) is 70.7. The van der Waals surface area contributed by atoms with E-state index in [1.54, 1.807) is 66.1 Å². The maximum Gasteiger partial charge on any atom is 0.408 e. The number of hydrogen-bond acceptors (Lipinski definition) is 8. The van der Waals surface area contributed by atoms with Crippen molar-refractivity contribution in [3.63, 3.8) is 0 Å². The van der Waals surface area contributed by atoms with Gasteiger partial charge in [-0.2, -0.15) is 0 Å². The highest BCUT2D eigenvalue weighted by atomic mass is 16.6. The monoisotopic (exact) mass is 618 g/mol. The van der Waals surface area contributed by atoms with E-state index in [4.69, 9.17) is 14.2 Å². The number of rotatable bonds is 12. The molecule has 246 valence electrons. The van der Waals surface area contributed by atoms with Gasteiger partial charge < -0.3 is 34.2 Å². The summed E-state index contributed by atoms with van der Waals surface area (Å²) >= 11 is 0. The quantitative estimate of drug-likeness (QED) is 0.354. The fraction of sp³-hybridized carbons (Fsp3) is 0.656. The lowest BCUT2D eigenvalue weighted by atomic mass is 9.95. The fourth-order valence-electron chi connectivity index (χ4n) is 5.28. The van der Waals surface area contributed by atoms with E-state index in [9.17, 15) is 24.0 Å². The van der Waals surface area contributed by atoms with Crippen LogP contribution in [0.15, 0.2) is 24.3 Å². The van der Waals surface area contributed by atoms with E-state index in [0.717, 1.165) is 5.56 Å². The maximum atomic E-state index is 13.8. The van der Waals surface area contributed by atoms with Crippen LogP contribution in [0.1, 0.15) is 66.4 Å². The van der Waals surface area contributed by atoms with E-state index in [-0.39, 0.29) is 18.2 Å². The lowest BCUT2D eigenvalue weighted by Crippen LogP contribution is -2.59. The predicted molar refractivity (Wildman–Crippen MR) is 165 cm³/mol. The number of nitrogens with one attached hydrogen (secondary N) is 1. The molecule has 12 heteroatoms. The highest BCUT2D eigenvalue weighted by Gasteiger charge is 2.43. The Kier molecular flexibility index (Phi) is 13.0. The first-order valence-electron chi connectivity index (χ1n) is 15.1. The largest absolute Gasteiger partial charge is 0.497 e. The van der Waals surface area contributed by atoms with Gasteiger partial charge in [0.1, 0.15) is 35.5 Å². The molecule has 1 aromatic rings. The van der Waals surface area contributed by atoms with Gasteiger partial charge in [-0.05, 0) is 64.2 Å². The highest BCUT2D eigenvalue weighted by molar-refractivity contribution is 5.95. The molecule has 0 saturated carbocycles. The smallest absolute Gasteiger partial charge is 0.408 e. The van der Waals surface area contributed by atoms with Gasteiger partial charge in [-0.3, -0.25) is 14.4 Å². The minimum absolute atomic E-state index is 0.140. The Morgan fingerprint density at radius 3 is 2.14 bits per heavy atom. The van der Waals surface area contributed by atoms with E-state index < -0.39 is 53.6 Å². The third kappa shape index (κ3) is 9.33. The van der Waals surface area contributed by atoms with Crippen LogP contribution in [0.4, 0.5) is 4.79 Å². The predicted octanol–water partition coefficient (Wildman–Crippen LogP) is 3.02. The summed E-state index contributed by atoms with van der Waals surface area (Å²) in [5, 5.41) is 2.67. The number of methoxy groups -OCH3 is 2. The van der Waals surface area contributed by atoms with E-state index in [1.807, 2.05) is 13.8 Å². The zero-order valence-electron chi connectivity index (χ0n) is 27.8. The third-order valence-electron chi connectivity index (χ3n) is 8.08. The number of carbonyl (C=O) groups excluding carboxylic acids is 5. The molecule has 0 aliphatic carbocycles. The molecule has 1 aliphatic heterocycles. The van der Waals surface area contributed by atoms with Crippen molar-refractivity contribution in [2.45, 2.75) is 97.0 Å². The topological polar surface area (TPSA) is 135 Å². The number of carbonyl (C=O) groups is 5. The molecule has 1 heterocycles. The number of nitrogens with zero attached hydrogens (tertiary/aromatic N) is 3. The number of amides is 4. The van der Waals surface area contributed by atoms with Crippen molar-refractivity contribution in [2.75, 3.05) is 34.9 Å². The van der Waals surface area contributed by atoms with Gasteiger partial charge in [0.2, 0.25) is 17.7 Å². The number of ether oxygens (including phenoxy) is 3. The molecule has 44 heavy (non-hydrogen) atoms. The summed E-state index contributed by atoms with van der Waals surface area (Å²) in [6.45, 7) is 11.0. The highest BCUT2D eigenvalue weighted by Crippen LogP contribution is 2.25. The first kappa shape index (κ1) is 36.4. The van der Waals surface area contributed by atoms with Crippen molar-refractivity contribution in [1.29, 1.82) is 0 Å². The Morgan fingerprint density at radius 2 is 1.61 bits per heavy atom. The molecule has 1 saturated heterocycles. The van der Waals surface area contributed by atoms with Crippen LogP contribution in [0.25, 0.3) is 0 Å². The lowest BCUT2D eigenvalue weighted by molar-refractivity contribution is -0.156. The van der Waals surface area contributed by atoms with Gasteiger partial charge >= 0.3 is 12.1 Å². The van der Waals surface area contributed by atoms with Crippen molar-refractivity contribution < 1.29 is 38.2 Å². The molecule has 0 unspecified atom stereocenters. The number of likely N-dealkylation sites (N-methyl/N-ethyl adjacent to an activating group) is 2. The van der Waals surface area contributed by atoms with Crippen molar-refractivity contribution in [2.24, 2.45) is 5.92 Å². The second-order valence-electron chi connectivity index (χ2n) is 12.4. The van der Waals surface area contributed by atoms with Crippen LogP contribution in [0.3, 0.4) is 0 Å². The molecule has 1 fully saturated rings. The number of benzene rings is 1. The molecule has 1 N–H and O–H groups in total. The molecule has 1 aromatic carbocycles. The normalized spacial score (nSPS) is 17.5. The molecular formula is C32H50N4O8. The molecule has 5 atom stereocenters. The second-order valence-corrected chi connectivity index (χ2v) is 12.4. The number of likely N-dealkylation sites (tertiary alicyclic amines) is 1. The summed E-state index contributed by atoms with van der Waals surface area (Å²) in [6, 6.07) is 3.54. The molecule has 4 amide bonds. The molecule has 0 bridgehead atoms. The zero-order chi connectivity index (χ0) is 33.4. The molecule has 0 spiro atoms. The van der Waals surface area contributed by atoms with Gasteiger partial charge in [0, 0.05) is 27.1 Å². The third-order valence-corrected chi connectivity index (χ3v) is 8.08. The summed E-state index contributed by atoms with van der Waals surface area (Å²) in [6.07, 6.45) is 1.14. The van der Waals surface area contributed by atoms with Crippen molar-refractivity contribution >= 4 is 29.8 Å². The minimum Gasteiger partial charge on any atom is -0.497 e. The average Bonchev–Trinajstić information content (AvgIpc) is 3.48. The minimum atomic E-state index is -1.04. The Bertz CT molecular complexity index is 1170. The molecule has 0 radical (unpaired) electrons.